The first-order chi connectivity index (χ1) is 9.38. The van der Waals surface area contributed by atoms with Gasteiger partial charge in [0, 0.05) is 23.4 Å². The largest absolute Gasteiger partial charge is 0.381 e. The molecule has 3 unspecified atom stereocenters. The SMILES string of the molecule is COC(C)C1(C)CC(=O)NC(=O)C1c1ccc(Br)cc1. The van der Waals surface area contributed by atoms with Crippen LogP contribution in [0.15, 0.2) is 28.7 Å². The number of nitrogens with one attached hydrogen (secondary N) is 1. The second-order valence-electron chi connectivity index (χ2n) is 5.46. The third-order valence-electron chi connectivity index (χ3n) is 4.21. The summed E-state index contributed by atoms with van der Waals surface area (Å²) in [5, 5.41) is 2.43. The molecule has 0 aromatic heterocycles. The van der Waals surface area contributed by atoms with Crippen LogP contribution in [0.2, 0.25) is 0 Å². The third kappa shape index (κ3) is 2.65. The van der Waals surface area contributed by atoms with E-state index in [0.717, 1.165) is 10.0 Å². The molecule has 108 valence electrons. The Bertz CT molecular complexity index is 528. The topological polar surface area (TPSA) is 55.4 Å². The van der Waals surface area contributed by atoms with E-state index in [2.05, 4.69) is 21.2 Å². The molecular weight excluding hydrogens is 322 g/mol. The fourth-order valence-electron chi connectivity index (χ4n) is 2.84. The third-order valence-corrected chi connectivity index (χ3v) is 4.74. The van der Waals surface area contributed by atoms with Crippen LogP contribution >= 0.6 is 15.9 Å². The molecule has 4 nitrogen and oxygen atoms in total. The summed E-state index contributed by atoms with van der Waals surface area (Å²) in [6, 6.07) is 7.61. The normalized spacial score (nSPS) is 28.1. The Balaban J connectivity index is 2.47. The average molecular weight is 340 g/mol. The van der Waals surface area contributed by atoms with Crippen molar-refractivity contribution in [3.8, 4) is 0 Å². The van der Waals surface area contributed by atoms with E-state index in [9.17, 15) is 9.59 Å². The number of methoxy groups -OCH3 is 1. The molecule has 0 saturated carbocycles. The van der Waals surface area contributed by atoms with Crippen LogP contribution in [-0.4, -0.2) is 25.0 Å². The number of rotatable bonds is 3. The van der Waals surface area contributed by atoms with Crippen molar-refractivity contribution < 1.29 is 14.3 Å². The van der Waals surface area contributed by atoms with Gasteiger partial charge in [0.05, 0.1) is 12.0 Å². The minimum atomic E-state index is -0.554. The fourth-order valence-corrected chi connectivity index (χ4v) is 3.10. The summed E-state index contributed by atoms with van der Waals surface area (Å²) < 4.78 is 6.38. The van der Waals surface area contributed by atoms with Gasteiger partial charge in [-0.2, -0.15) is 0 Å². The van der Waals surface area contributed by atoms with Gasteiger partial charge in [-0.1, -0.05) is 35.0 Å². The number of benzene rings is 1. The van der Waals surface area contributed by atoms with Crippen LogP contribution < -0.4 is 5.32 Å². The molecule has 5 heteroatoms. The first-order valence-electron chi connectivity index (χ1n) is 6.50. The number of carbonyl (C=O) groups excluding carboxylic acids is 2. The number of amides is 2. The minimum absolute atomic E-state index is 0.203. The second-order valence-corrected chi connectivity index (χ2v) is 6.37. The van der Waals surface area contributed by atoms with Crippen molar-refractivity contribution in [2.75, 3.05) is 7.11 Å². The summed E-state index contributed by atoms with van der Waals surface area (Å²) in [6.07, 6.45) is 0.0697. The maximum atomic E-state index is 12.3. The molecule has 1 heterocycles. The van der Waals surface area contributed by atoms with Crippen LogP contribution in [-0.2, 0) is 14.3 Å². The van der Waals surface area contributed by atoms with E-state index in [1.165, 1.54) is 0 Å². The smallest absolute Gasteiger partial charge is 0.234 e. The number of halogens is 1. The van der Waals surface area contributed by atoms with Gasteiger partial charge in [0.15, 0.2) is 0 Å². The molecule has 0 bridgehead atoms. The molecule has 1 fully saturated rings. The molecule has 2 rings (SSSR count). The molecule has 3 atom stereocenters. The Labute approximate surface area is 127 Å². The first-order valence-corrected chi connectivity index (χ1v) is 7.29. The summed E-state index contributed by atoms with van der Waals surface area (Å²) in [7, 11) is 1.60. The van der Waals surface area contributed by atoms with Gasteiger partial charge >= 0.3 is 0 Å². The maximum absolute atomic E-state index is 12.3. The second kappa shape index (κ2) is 5.66. The predicted octanol–water partition coefficient (Wildman–Crippen LogP) is 2.62. The van der Waals surface area contributed by atoms with Crippen molar-refractivity contribution in [3.05, 3.63) is 34.3 Å². The Hall–Kier alpha value is -1.20. The Morgan fingerprint density at radius 3 is 2.50 bits per heavy atom. The van der Waals surface area contributed by atoms with Crippen molar-refractivity contribution >= 4 is 27.7 Å². The summed E-state index contributed by atoms with van der Waals surface area (Å²) in [5.41, 5.74) is 0.340. The highest BCUT2D eigenvalue weighted by atomic mass is 79.9. The van der Waals surface area contributed by atoms with Crippen LogP contribution in [0.3, 0.4) is 0 Å². The zero-order valence-electron chi connectivity index (χ0n) is 11.8. The maximum Gasteiger partial charge on any atom is 0.234 e. The molecule has 0 aliphatic carbocycles. The molecule has 1 aliphatic rings. The lowest BCUT2D eigenvalue weighted by Crippen LogP contribution is -2.53. The molecule has 0 spiro atoms. The molecule has 1 aromatic rings. The predicted molar refractivity (Wildman–Crippen MR) is 79.2 cm³/mol. The zero-order valence-corrected chi connectivity index (χ0v) is 13.4. The highest BCUT2D eigenvalue weighted by molar-refractivity contribution is 9.10. The number of hydrogen-bond donors (Lipinski definition) is 1. The quantitative estimate of drug-likeness (QED) is 0.861. The van der Waals surface area contributed by atoms with Gasteiger partial charge in [0.25, 0.3) is 0 Å². The molecule has 1 aliphatic heterocycles. The van der Waals surface area contributed by atoms with Crippen molar-refractivity contribution in [1.82, 2.24) is 5.32 Å². The van der Waals surface area contributed by atoms with Gasteiger partial charge in [0.1, 0.15) is 0 Å². The lowest BCUT2D eigenvalue weighted by molar-refractivity contribution is -0.144. The summed E-state index contributed by atoms with van der Waals surface area (Å²) in [6.45, 7) is 3.84. The Kier molecular flexibility index (Phi) is 4.30. The van der Waals surface area contributed by atoms with Crippen LogP contribution in [0.25, 0.3) is 0 Å². The standard InChI is InChI=1S/C15H18BrNO3/c1-9(20-3)15(2)8-12(18)17-14(19)13(15)10-4-6-11(16)7-5-10/h4-7,9,13H,8H2,1-3H3,(H,17,18,19). The van der Waals surface area contributed by atoms with Gasteiger partial charge in [0.2, 0.25) is 11.8 Å². The lowest BCUT2D eigenvalue weighted by Gasteiger charge is -2.43. The number of carbonyl (C=O) groups is 2. The van der Waals surface area contributed by atoms with Gasteiger partial charge in [-0.05, 0) is 24.6 Å². The van der Waals surface area contributed by atoms with Crippen molar-refractivity contribution in [2.24, 2.45) is 5.41 Å². The van der Waals surface area contributed by atoms with Gasteiger partial charge in [-0.15, -0.1) is 0 Å². The molecule has 20 heavy (non-hydrogen) atoms. The van der Waals surface area contributed by atoms with Crippen LogP contribution in [0.4, 0.5) is 0 Å². The highest BCUT2D eigenvalue weighted by Gasteiger charge is 2.49. The first kappa shape index (κ1) is 15.2. The monoisotopic (exact) mass is 339 g/mol. The van der Waals surface area contributed by atoms with E-state index >= 15 is 0 Å². The number of ether oxygens (including phenoxy) is 1. The molecular formula is C15H18BrNO3. The van der Waals surface area contributed by atoms with Crippen LogP contribution in [0.1, 0.15) is 31.7 Å². The van der Waals surface area contributed by atoms with E-state index < -0.39 is 11.3 Å². The molecule has 1 aromatic carbocycles. The molecule has 0 radical (unpaired) electrons. The van der Waals surface area contributed by atoms with Gasteiger partial charge in [-0.3, -0.25) is 14.9 Å². The van der Waals surface area contributed by atoms with E-state index in [1.807, 2.05) is 38.1 Å². The fraction of sp³-hybridized carbons (Fsp3) is 0.467. The minimum Gasteiger partial charge on any atom is -0.381 e. The van der Waals surface area contributed by atoms with Crippen LogP contribution in [0, 0.1) is 5.41 Å². The average Bonchev–Trinajstić information content (AvgIpc) is 2.39. The van der Waals surface area contributed by atoms with Crippen LogP contribution in [0.5, 0.6) is 0 Å². The van der Waals surface area contributed by atoms with E-state index in [-0.39, 0.29) is 24.3 Å². The summed E-state index contributed by atoms with van der Waals surface area (Å²) >= 11 is 3.39. The number of piperidine rings is 1. The van der Waals surface area contributed by atoms with E-state index in [1.54, 1.807) is 7.11 Å². The Morgan fingerprint density at radius 2 is 1.95 bits per heavy atom. The number of hydrogen-bond acceptors (Lipinski definition) is 3. The molecule has 1 saturated heterocycles. The van der Waals surface area contributed by atoms with E-state index in [0.29, 0.717) is 0 Å². The lowest BCUT2D eigenvalue weighted by atomic mass is 9.65. The summed E-state index contributed by atoms with van der Waals surface area (Å²) in [5.74, 6) is -0.895. The van der Waals surface area contributed by atoms with Gasteiger partial charge < -0.3 is 4.74 Å². The molecule has 2 amide bonds. The number of imide groups is 1. The molecule has 1 N–H and O–H groups in total. The van der Waals surface area contributed by atoms with Crippen molar-refractivity contribution in [1.29, 1.82) is 0 Å². The summed E-state index contributed by atoms with van der Waals surface area (Å²) in [4.78, 5) is 24.1. The Morgan fingerprint density at radius 1 is 1.35 bits per heavy atom. The van der Waals surface area contributed by atoms with Crippen molar-refractivity contribution in [2.45, 2.75) is 32.3 Å². The highest BCUT2D eigenvalue weighted by Crippen LogP contribution is 2.45. The van der Waals surface area contributed by atoms with E-state index in [4.69, 9.17) is 4.74 Å². The zero-order chi connectivity index (χ0) is 14.9. The van der Waals surface area contributed by atoms with Gasteiger partial charge in [-0.25, -0.2) is 0 Å². The van der Waals surface area contributed by atoms with Crippen molar-refractivity contribution in [3.63, 3.8) is 0 Å².